The Morgan fingerprint density at radius 3 is 2.92 bits per heavy atom. The summed E-state index contributed by atoms with van der Waals surface area (Å²) >= 11 is 3.20. The number of alkyl halides is 1. The fourth-order valence-electron chi connectivity index (χ4n) is 1.76. The lowest BCUT2D eigenvalue weighted by molar-refractivity contribution is -0.122. The van der Waals surface area contributed by atoms with Crippen molar-refractivity contribution in [1.29, 1.82) is 0 Å². The van der Waals surface area contributed by atoms with Gasteiger partial charge in [-0.1, -0.05) is 22.4 Å². The van der Waals surface area contributed by atoms with E-state index in [2.05, 4.69) is 15.9 Å². The number of rotatable bonds is 3. The van der Waals surface area contributed by atoms with E-state index >= 15 is 0 Å². The lowest BCUT2D eigenvalue weighted by Crippen LogP contribution is -2.27. The van der Waals surface area contributed by atoms with Crippen molar-refractivity contribution in [3.63, 3.8) is 0 Å². The number of Topliss-reactive ketones (excluding diaryl/α,β-unsaturated/α-hetero) is 1. The molecule has 2 nitrogen and oxygen atoms in total. The van der Waals surface area contributed by atoms with Crippen LogP contribution in [0.2, 0.25) is 0 Å². The minimum absolute atomic E-state index is 0.239. The molecule has 0 amide bonds. The van der Waals surface area contributed by atoms with Crippen LogP contribution in [0, 0.1) is 5.92 Å². The van der Waals surface area contributed by atoms with E-state index in [1.807, 2.05) is 0 Å². The summed E-state index contributed by atoms with van der Waals surface area (Å²) in [4.78, 5) is 11.3. The van der Waals surface area contributed by atoms with E-state index in [4.69, 9.17) is 4.74 Å². The van der Waals surface area contributed by atoms with Crippen molar-refractivity contribution in [2.75, 3.05) is 12.4 Å². The maximum absolute atomic E-state index is 11.3. The molecule has 0 saturated heterocycles. The third kappa shape index (κ3) is 2.56. The van der Waals surface area contributed by atoms with E-state index in [1.54, 1.807) is 7.11 Å². The van der Waals surface area contributed by atoms with Gasteiger partial charge >= 0.3 is 0 Å². The number of carbonyl (C=O) groups excluding carboxylic acids is 1. The average Bonchev–Trinajstić information content (AvgIpc) is 2.17. The highest BCUT2D eigenvalue weighted by molar-refractivity contribution is 9.09. The van der Waals surface area contributed by atoms with Gasteiger partial charge < -0.3 is 4.74 Å². The zero-order valence-corrected chi connectivity index (χ0v) is 8.97. The molecule has 1 saturated carbocycles. The fraction of sp³-hybridized carbons (Fsp3) is 0.889. The number of ketones is 1. The minimum Gasteiger partial charge on any atom is -0.381 e. The van der Waals surface area contributed by atoms with Crippen LogP contribution < -0.4 is 0 Å². The molecule has 70 valence electrons. The first kappa shape index (κ1) is 10.2. The maximum Gasteiger partial charge on any atom is 0.146 e. The summed E-state index contributed by atoms with van der Waals surface area (Å²) in [7, 11) is 1.73. The van der Waals surface area contributed by atoms with Gasteiger partial charge in [-0.05, 0) is 19.3 Å². The molecule has 1 aliphatic rings. The quantitative estimate of drug-likeness (QED) is 0.700. The molecule has 1 rings (SSSR count). The monoisotopic (exact) mass is 234 g/mol. The van der Waals surface area contributed by atoms with Gasteiger partial charge in [-0.2, -0.15) is 0 Å². The van der Waals surface area contributed by atoms with E-state index in [-0.39, 0.29) is 5.92 Å². The van der Waals surface area contributed by atoms with E-state index in [0.29, 0.717) is 17.2 Å². The molecule has 0 spiro atoms. The molecule has 12 heavy (non-hydrogen) atoms. The second kappa shape index (κ2) is 4.97. The van der Waals surface area contributed by atoms with Crippen LogP contribution in [0.4, 0.5) is 0 Å². The zero-order valence-electron chi connectivity index (χ0n) is 7.38. The largest absolute Gasteiger partial charge is 0.381 e. The van der Waals surface area contributed by atoms with Crippen molar-refractivity contribution >= 4 is 21.7 Å². The summed E-state index contributed by atoms with van der Waals surface area (Å²) in [5, 5.41) is 0.494. The maximum atomic E-state index is 11.3. The molecule has 1 aliphatic carbocycles. The predicted molar refractivity (Wildman–Crippen MR) is 51.6 cm³/mol. The Morgan fingerprint density at radius 1 is 1.58 bits per heavy atom. The van der Waals surface area contributed by atoms with Gasteiger partial charge in [-0.15, -0.1) is 0 Å². The lowest BCUT2D eigenvalue weighted by Gasteiger charge is -2.26. The molecule has 2 atom stereocenters. The minimum atomic E-state index is 0.239. The normalized spacial score (nSPS) is 30.2. The lowest BCUT2D eigenvalue weighted by atomic mass is 9.85. The van der Waals surface area contributed by atoms with Gasteiger partial charge in [-0.3, -0.25) is 4.79 Å². The number of hydrogen-bond donors (Lipinski definition) is 0. The number of ether oxygens (including phenoxy) is 1. The molecule has 0 aromatic rings. The van der Waals surface area contributed by atoms with E-state index in [9.17, 15) is 4.79 Å². The topological polar surface area (TPSA) is 26.3 Å². The van der Waals surface area contributed by atoms with Gasteiger partial charge in [-0.25, -0.2) is 0 Å². The van der Waals surface area contributed by atoms with Gasteiger partial charge in [0.25, 0.3) is 0 Å². The first-order valence-electron chi connectivity index (χ1n) is 4.39. The second-order valence-corrected chi connectivity index (χ2v) is 3.88. The Morgan fingerprint density at radius 2 is 2.33 bits per heavy atom. The summed E-state index contributed by atoms with van der Waals surface area (Å²) in [6.45, 7) is 0. The Labute approximate surface area is 81.8 Å². The summed E-state index contributed by atoms with van der Waals surface area (Å²) in [6, 6.07) is 0. The first-order chi connectivity index (χ1) is 5.77. The first-order valence-corrected chi connectivity index (χ1v) is 5.51. The number of carbonyl (C=O) groups is 1. The summed E-state index contributed by atoms with van der Waals surface area (Å²) in [5.41, 5.74) is 0. The predicted octanol–water partition coefficient (Wildman–Crippen LogP) is 2.16. The highest BCUT2D eigenvalue weighted by Crippen LogP contribution is 2.26. The second-order valence-electron chi connectivity index (χ2n) is 3.32. The molecular weight excluding hydrogens is 220 g/mol. The van der Waals surface area contributed by atoms with Gasteiger partial charge in [0.15, 0.2) is 0 Å². The molecule has 0 N–H and O–H groups in total. The molecule has 0 aromatic heterocycles. The third-order valence-corrected chi connectivity index (χ3v) is 3.10. The SMILES string of the molecule is CO[C@@H]1CCC[C@H](C(=O)CBr)C1. The van der Waals surface area contributed by atoms with E-state index in [1.165, 1.54) is 0 Å². The molecule has 0 bridgehead atoms. The Balaban J connectivity index is 2.40. The van der Waals surface area contributed by atoms with Gasteiger partial charge in [0.1, 0.15) is 5.78 Å². The number of methoxy groups -OCH3 is 1. The molecule has 0 aliphatic heterocycles. The standard InChI is InChI=1S/C9H15BrO2/c1-12-8-4-2-3-7(5-8)9(11)6-10/h7-8H,2-6H2,1H3/t7-,8+/m0/s1. The fourth-order valence-corrected chi connectivity index (χ4v) is 2.22. The van der Waals surface area contributed by atoms with Crippen molar-refractivity contribution in [3.8, 4) is 0 Å². The van der Waals surface area contributed by atoms with Crippen molar-refractivity contribution in [2.45, 2.75) is 31.8 Å². The summed E-state index contributed by atoms with van der Waals surface area (Å²) in [6.07, 6.45) is 4.52. The zero-order chi connectivity index (χ0) is 8.97. The Hall–Kier alpha value is 0.110. The number of halogens is 1. The van der Waals surface area contributed by atoms with Crippen molar-refractivity contribution in [2.24, 2.45) is 5.92 Å². The van der Waals surface area contributed by atoms with Crippen LogP contribution in [-0.4, -0.2) is 24.3 Å². The third-order valence-electron chi connectivity index (χ3n) is 2.55. The molecule has 0 heterocycles. The van der Waals surface area contributed by atoms with Crippen molar-refractivity contribution in [1.82, 2.24) is 0 Å². The van der Waals surface area contributed by atoms with Gasteiger partial charge in [0, 0.05) is 13.0 Å². The average molecular weight is 235 g/mol. The molecule has 0 aromatic carbocycles. The van der Waals surface area contributed by atoms with Crippen LogP contribution in [0.3, 0.4) is 0 Å². The van der Waals surface area contributed by atoms with Crippen LogP contribution in [0.1, 0.15) is 25.7 Å². The van der Waals surface area contributed by atoms with Crippen LogP contribution in [-0.2, 0) is 9.53 Å². The molecule has 0 radical (unpaired) electrons. The van der Waals surface area contributed by atoms with E-state index < -0.39 is 0 Å². The van der Waals surface area contributed by atoms with Gasteiger partial charge in [0.2, 0.25) is 0 Å². The van der Waals surface area contributed by atoms with Crippen LogP contribution in [0.15, 0.2) is 0 Å². The summed E-state index contributed by atoms with van der Waals surface area (Å²) in [5.74, 6) is 0.569. The number of hydrogen-bond acceptors (Lipinski definition) is 2. The van der Waals surface area contributed by atoms with Crippen molar-refractivity contribution in [3.05, 3.63) is 0 Å². The van der Waals surface area contributed by atoms with Crippen LogP contribution in [0.5, 0.6) is 0 Å². The van der Waals surface area contributed by atoms with Crippen LogP contribution >= 0.6 is 15.9 Å². The summed E-state index contributed by atoms with van der Waals surface area (Å²) < 4.78 is 5.25. The molecular formula is C9H15BrO2. The molecule has 3 heteroatoms. The highest BCUT2D eigenvalue weighted by atomic mass is 79.9. The van der Waals surface area contributed by atoms with Gasteiger partial charge in [0.05, 0.1) is 11.4 Å². The smallest absolute Gasteiger partial charge is 0.146 e. The van der Waals surface area contributed by atoms with E-state index in [0.717, 1.165) is 25.7 Å². The van der Waals surface area contributed by atoms with Crippen molar-refractivity contribution < 1.29 is 9.53 Å². The Bertz CT molecular complexity index is 159. The van der Waals surface area contributed by atoms with Crippen LogP contribution in [0.25, 0.3) is 0 Å². The molecule has 0 unspecified atom stereocenters. The Kier molecular flexibility index (Phi) is 4.22. The molecule has 1 fully saturated rings. The highest BCUT2D eigenvalue weighted by Gasteiger charge is 2.25.